The van der Waals surface area contributed by atoms with Crippen LogP contribution in [0.2, 0.25) is 0 Å². The van der Waals surface area contributed by atoms with Crippen LogP contribution in [0.5, 0.6) is 0 Å². The fraction of sp³-hybridized carbons (Fsp3) is 0.500. The van der Waals surface area contributed by atoms with Gasteiger partial charge in [-0.2, -0.15) is 0 Å². The highest BCUT2D eigenvalue weighted by molar-refractivity contribution is 7.89. The second-order valence-corrected chi connectivity index (χ2v) is 6.25. The number of ether oxygens (including phenoxy) is 1. The molecule has 1 aliphatic rings. The molecular weight excluding hydrogens is 266 g/mol. The predicted octanol–water partition coefficient (Wildman–Crippen LogP) is 0.531. The molecule has 7 heteroatoms. The van der Waals surface area contributed by atoms with E-state index in [0.29, 0.717) is 6.04 Å². The van der Waals surface area contributed by atoms with Crippen molar-refractivity contribution in [1.82, 2.24) is 0 Å². The zero-order chi connectivity index (χ0) is 14.0. The number of anilines is 2. The van der Waals surface area contributed by atoms with Gasteiger partial charge in [0.25, 0.3) is 0 Å². The lowest BCUT2D eigenvalue weighted by Crippen LogP contribution is -2.36. The van der Waals surface area contributed by atoms with Crippen molar-refractivity contribution in [2.24, 2.45) is 5.14 Å². The molecule has 1 aliphatic heterocycles. The molecule has 6 nitrogen and oxygen atoms in total. The van der Waals surface area contributed by atoms with Crippen molar-refractivity contribution in [2.75, 3.05) is 30.9 Å². The first-order valence-electron chi connectivity index (χ1n) is 6.12. The van der Waals surface area contributed by atoms with Gasteiger partial charge in [0.1, 0.15) is 4.90 Å². The molecule has 0 unspecified atom stereocenters. The maximum absolute atomic E-state index is 11.3. The van der Waals surface area contributed by atoms with Crippen molar-refractivity contribution in [3.8, 4) is 0 Å². The molecule has 106 valence electrons. The van der Waals surface area contributed by atoms with Crippen LogP contribution < -0.4 is 15.8 Å². The molecule has 2 rings (SSSR count). The van der Waals surface area contributed by atoms with E-state index in [1.807, 2.05) is 7.05 Å². The maximum Gasteiger partial charge on any atom is 0.240 e. The Morgan fingerprint density at radius 1 is 1.32 bits per heavy atom. The number of primary sulfonamides is 1. The van der Waals surface area contributed by atoms with Gasteiger partial charge in [-0.3, -0.25) is 0 Å². The summed E-state index contributed by atoms with van der Waals surface area (Å²) in [5.74, 6) is 0. The van der Waals surface area contributed by atoms with Gasteiger partial charge in [-0.25, -0.2) is 13.6 Å². The lowest BCUT2D eigenvalue weighted by molar-refractivity contribution is 0.0855. The molecule has 0 amide bonds. The Bertz CT molecular complexity index is 553. The van der Waals surface area contributed by atoms with E-state index < -0.39 is 10.0 Å². The third kappa shape index (κ3) is 3.17. The Balaban J connectivity index is 2.24. The number of sulfonamides is 1. The maximum atomic E-state index is 11.3. The third-order valence-corrected chi connectivity index (χ3v) is 4.43. The molecule has 1 aromatic rings. The average Bonchev–Trinajstić information content (AvgIpc) is 2.37. The summed E-state index contributed by atoms with van der Waals surface area (Å²) in [5.41, 5.74) is 6.83. The van der Waals surface area contributed by atoms with Crippen molar-refractivity contribution in [2.45, 2.75) is 23.8 Å². The summed E-state index contributed by atoms with van der Waals surface area (Å²) in [6.07, 6.45) is 1.90. The summed E-state index contributed by atoms with van der Waals surface area (Å²) >= 11 is 0. The van der Waals surface area contributed by atoms with E-state index in [1.165, 1.54) is 6.07 Å². The van der Waals surface area contributed by atoms with Crippen molar-refractivity contribution < 1.29 is 13.2 Å². The first-order chi connectivity index (χ1) is 8.89. The average molecular weight is 285 g/mol. The minimum atomic E-state index is -3.76. The number of hydrogen-bond donors (Lipinski definition) is 2. The number of nitrogens with two attached hydrogens (primary N) is 2. The number of nitrogens with zero attached hydrogens (tertiary/aromatic N) is 1. The van der Waals surface area contributed by atoms with Crippen LogP contribution in [0.4, 0.5) is 11.4 Å². The van der Waals surface area contributed by atoms with Crippen LogP contribution in [0.15, 0.2) is 23.1 Å². The van der Waals surface area contributed by atoms with E-state index in [0.717, 1.165) is 31.7 Å². The van der Waals surface area contributed by atoms with Crippen LogP contribution in [0.3, 0.4) is 0 Å². The standard InChI is InChI=1S/C12H19N3O3S/c1-15(9-4-6-18-7-5-9)10-2-3-12(11(13)8-10)19(14,16)17/h2-3,8-9H,4-7,13H2,1H3,(H2,14,16,17). The van der Waals surface area contributed by atoms with Crippen molar-refractivity contribution in [1.29, 1.82) is 0 Å². The largest absolute Gasteiger partial charge is 0.398 e. The molecule has 1 aromatic carbocycles. The van der Waals surface area contributed by atoms with E-state index in [9.17, 15) is 8.42 Å². The molecule has 19 heavy (non-hydrogen) atoms. The second-order valence-electron chi connectivity index (χ2n) is 4.72. The number of hydrogen-bond acceptors (Lipinski definition) is 5. The highest BCUT2D eigenvalue weighted by Gasteiger charge is 2.20. The van der Waals surface area contributed by atoms with Gasteiger partial charge in [0, 0.05) is 32.0 Å². The second kappa shape index (κ2) is 5.36. The van der Waals surface area contributed by atoms with Gasteiger partial charge in [-0.15, -0.1) is 0 Å². The SMILES string of the molecule is CN(c1ccc(S(N)(=O)=O)c(N)c1)C1CCOCC1. The van der Waals surface area contributed by atoms with Gasteiger partial charge < -0.3 is 15.4 Å². The Labute approximate surface area is 113 Å². The molecule has 1 saturated heterocycles. The Kier molecular flexibility index (Phi) is 3.98. The fourth-order valence-electron chi connectivity index (χ4n) is 2.30. The zero-order valence-electron chi connectivity index (χ0n) is 10.9. The molecule has 0 saturated carbocycles. The minimum Gasteiger partial charge on any atom is -0.398 e. The predicted molar refractivity (Wildman–Crippen MR) is 74.5 cm³/mol. The Morgan fingerprint density at radius 2 is 1.95 bits per heavy atom. The van der Waals surface area contributed by atoms with Gasteiger partial charge in [0.05, 0.1) is 5.69 Å². The topological polar surface area (TPSA) is 98.7 Å². The summed E-state index contributed by atoms with van der Waals surface area (Å²) in [7, 11) is -1.79. The van der Waals surface area contributed by atoms with Crippen LogP contribution >= 0.6 is 0 Å². The van der Waals surface area contributed by atoms with Crippen LogP contribution in [0.1, 0.15) is 12.8 Å². The van der Waals surface area contributed by atoms with Gasteiger partial charge >= 0.3 is 0 Å². The molecule has 0 aromatic heterocycles. The van der Waals surface area contributed by atoms with E-state index in [-0.39, 0.29) is 10.6 Å². The van der Waals surface area contributed by atoms with Crippen LogP contribution in [-0.2, 0) is 14.8 Å². The van der Waals surface area contributed by atoms with Gasteiger partial charge in [-0.1, -0.05) is 0 Å². The van der Waals surface area contributed by atoms with E-state index in [2.05, 4.69) is 4.90 Å². The first kappa shape index (κ1) is 14.1. The molecule has 1 fully saturated rings. The van der Waals surface area contributed by atoms with E-state index in [1.54, 1.807) is 12.1 Å². The normalized spacial score (nSPS) is 17.4. The summed E-state index contributed by atoms with van der Waals surface area (Å²) < 4.78 is 27.9. The van der Waals surface area contributed by atoms with Crippen molar-refractivity contribution in [3.63, 3.8) is 0 Å². The molecule has 0 atom stereocenters. The Hall–Kier alpha value is -1.31. The van der Waals surface area contributed by atoms with Crippen molar-refractivity contribution >= 4 is 21.4 Å². The monoisotopic (exact) mass is 285 g/mol. The number of rotatable bonds is 3. The fourth-order valence-corrected chi connectivity index (χ4v) is 2.94. The summed E-state index contributed by atoms with van der Waals surface area (Å²) in [4.78, 5) is 2.07. The van der Waals surface area contributed by atoms with E-state index in [4.69, 9.17) is 15.6 Å². The lowest BCUT2D eigenvalue weighted by Gasteiger charge is -2.33. The molecule has 0 radical (unpaired) electrons. The number of nitrogen functional groups attached to an aromatic ring is 1. The molecule has 0 bridgehead atoms. The molecule has 1 heterocycles. The number of benzene rings is 1. The summed E-state index contributed by atoms with van der Waals surface area (Å²) in [6, 6.07) is 5.21. The molecule has 0 spiro atoms. The molecule has 4 N–H and O–H groups in total. The first-order valence-corrected chi connectivity index (χ1v) is 7.67. The smallest absolute Gasteiger partial charge is 0.240 e. The molecule has 0 aliphatic carbocycles. The third-order valence-electron chi connectivity index (χ3n) is 3.45. The van der Waals surface area contributed by atoms with E-state index >= 15 is 0 Å². The quantitative estimate of drug-likeness (QED) is 0.789. The highest BCUT2D eigenvalue weighted by Crippen LogP contribution is 2.26. The van der Waals surface area contributed by atoms with Crippen molar-refractivity contribution in [3.05, 3.63) is 18.2 Å². The van der Waals surface area contributed by atoms with Gasteiger partial charge in [0.2, 0.25) is 10.0 Å². The molecular formula is C12H19N3O3S. The van der Waals surface area contributed by atoms with Gasteiger partial charge in [0.15, 0.2) is 0 Å². The zero-order valence-corrected chi connectivity index (χ0v) is 11.7. The van der Waals surface area contributed by atoms with Crippen LogP contribution in [0.25, 0.3) is 0 Å². The van der Waals surface area contributed by atoms with Crippen LogP contribution in [0, 0.1) is 0 Å². The summed E-state index contributed by atoms with van der Waals surface area (Å²) in [6.45, 7) is 1.50. The van der Waals surface area contributed by atoms with Gasteiger partial charge in [-0.05, 0) is 31.0 Å². The van der Waals surface area contributed by atoms with Crippen LogP contribution in [-0.4, -0.2) is 34.7 Å². The minimum absolute atomic E-state index is 0.0309. The lowest BCUT2D eigenvalue weighted by atomic mass is 10.1. The Morgan fingerprint density at radius 3 is 2.47 bits per heavy atom. The summed E-state index contributed by atoms with van der Waals surface area (Å²) in [5, 5.41) is 5.09. The highest BCUT2D eigenvalue weighted by atomic mass is 32.2.